The number of piperidine rings is 1. The van der Waals surface area contributed by atoms with Crippen LogP contribution in [0.1, 0.15) is 26.7 Å². The second-order valence-electron chi connectivity index (χ2n) is 6.92. The van der Waals surface area contributed by atoms with Crippen molar-refractivity contribution in [3.8, 4) is 11.5 Å². The molecule has 2 N–H and O–H groups in total. The maximum absolute atomic E-state index is 5.66. The van der Waals surface area contributed by atoms with Crippen LogP contribution in [0.25, 0.3) is 0 Å². The van der Waals surface area contributed by atoms with E-state index in [0.29, 0.717) is 12.5 Å². The van der Waals surface area contributed by atoms with E-state index in [4.69, 9.17) is 19.2 Å². The van der Waals surface area contributed by atoms with Crippen LogP contribution < -0.4 is 20.1 Å². The number of rotatable bonds is 10. The van der Waals surface area contributed by atoms with Gasteiger partial charge in [-0.2, -0.15) is 0 Å². The number of methoxy groups -OCH3 is 2. The SMILES string of the molecule is CCNC(=NCC1CCN(CCOC)CC1)Nc1ccc(OC)c(OCC)c1. The lowest BCUT2D eigenvalue weighted by Crippen LogP contribution is -2.37. The number of hydrogen-bond donors (Lipinski definition) is 2. The van der Waals surface area contributed by atoms with Crippen LogP contribution in [-0.2, 0) is 4.74 Å². The van der Waals surface area contributed by atoms with Gasteiger partial charge >= 0.3 is 0 Å². The number of ether oxygens (including phenoxy) is 3. The maximum atomic E-state index is 5.66. The number of guanidine groups is 1. The van der Waals surface area contributed by atoms with Crippen LogP contribution in [-0.4, -0.2) is 71.0 Å². The molecule has 0 aromatic heterocycles. The second-order valence-corrected chi connectivity index (χ2v) is 6.92. The molecule has 28 heavy (non-hydrogen) atoms. The Kier molecular flexibility index (Phi) is 9.93. The maximum Gasteiger partial charge on any atom is 0.195 e. The largest absolute Gasteiger partial charge is 0.493 e. The minimum absolute atomic E-state index is 0.594. The van der Waals surface area contributed by atoms with Crippen molar-refractivity contribution in [2.24, 2.45) is 10.9 Å². The molecule has 0 radical (unpaired) electrons. The molecular weight excluding hydrogens is 356 g/mol. The van der Waals surface area contributed by atoms with Crippen LogP contribution in [0.4, 0.5) is 5.69 Å². The molecule has 1 heterocycles. The fraction of sp³-hybridized carbons (Fsp3) is 0.667. The van der Waals surface area contributed by atoms with Crippen molar-refractivity contribution in [3.05, 3.63) is 18.2 Å². The minimum atomic E-state index is 0.594. The van der Waals surface area contributed by atoms with Gasteiger partial charge in [0, 0.05) is 38.5 Å². The van der Waals surface area contributed by atoms with Crippen LogP contribution >= 0.6 is 0 Å². The molecule has 0 amide bonds. The molecule has 1 aromatic carbocycles. The molecule has 0 bridgehead atoms. The monoisotopic (exact) mass is 392 g/mol. The molecule has 0 atom stereocenters. The van der Waals surface area contributed by atoms with E-state index in [1.807, 2.05) is 25.1 Å². The topological polar surface area (TPSA) is 67.4 Å². The van der Waals surface area contributed by atoms with Crippen molar-refractivity contribution in [3.63, 3.8) is 0 Å². The Morgan fingerprint density at radius 2 is 1.96 bits per heavy atom. The lowest BCUT2D eigenvalue weighted by molar-refractivity contribution is 0.121. The lowest BCUT2D eigenvalue weighted by Gasteiger charge is -2.31. The molecule has 158 valence electrons. The van der Waals surface area contributed by atoms with Gasteiger partial charge in [-0.15, -0.1) is 0 Å². The normalized spacial score (nSPS) is 16.1. The summed E-state index contributed by atoms with van der Waals surface area (Å²) in [7, 11) is 3.41. The first-order valence-corrected chi connectivity index (χ1v) is 10.3. The van der Waals surface area contributed by atoms with E-state index in [1.54, 1.807) is 14.2 Å². The van der Waals surface area contributed by atoms with Gasteiger partial charge < -0.3 is 29.7 Å². The van der Waals surface area contributed by atoms with Crippen molar-refractivity contribution in [1.82, 2.24) is 10.2 Å². The zero-order chi connectivity index (χ0) is 20.2. The molecule has 0 spiro atoms. The lowest BCUT2D eigenvalue weighted by atomic mass is 9.97. The van der Waals surface area contributed by atoms with Gasteiger partial charge in [0.05, 0.1) is 20.3 Å². The number of hydrogen-bond acceptors (Lipinski definition) is 5. The first kappa shape index (κ1) is 22.3. The van der Waals surface area contributed by atoms with E-state index in [9.17, 15) is 0 Å². The van der Waals surface area contributed by atoms with E-state index in [0.717, 1.165) is 62.5 Å². The highest BCUT2D eigenvalue weighted by Crippen LogP contribution is 2.30. The number of benzene rings is 1. The molecule has 7 heteroatoms. The van der Waals surface area contributed by atoms with E-state index in [-0.39, 0.29) is 0 Å². The van der Waals surface area contributed by atoms with Gasteiger partial charge in [0.15, 0.2) is 17.5 Å². The molecule has 2 rings (SSSR count). The van der Waals surface area contributed by atoms with E-state index in [2.05, 4.69) is 22.5 Å². The zero-order valence-corrected chi connectivity index (χ0v) is 17.8. The number of nitrogens with one attached hydrogen (secondary N) is 2. The molecule has 1 saturated heterocycles. The number of nitrogens with zero attached hydrogens (tertiary/aromatic N) is 2. The summed E-state index contributed by atoms with van der Waals surface area (Å²) in [6.45, 7) is 10.4. The van der Waals surface area contributed by atoms with Crippen molar-refractivity contribution >= 4 is 11.6 Å². The highest BCUT2D eigenvalue weighted by atomic mass is 16.5. The molecule has 0 saturated carbocycles. The van der Waals surface area contributed by atoms with Gasteiger partial charge in [-0.25, -0.2) is 0 Å². The summed E-state index contributed by atoms with van der Waals surface area (Å²) < 4.78 is 16.2. The quantitative estimate of drug-likeness (QED) is 0.471. The van der Waals surface area contributed by atoms with Crippen molar-refractivity contribution in [1.29, 1.82) is 0 Å². The van der Waals surface area contributed by atoms with Gasteiger partial charge in [-0.3, -0.25) is 4.99 Å². The molecule has 7 nitrogen and oxygen atoms in total. The highest BCUT2D eigenvalue weighted by molar-refractivity contribution is 5.93. The zero-order valence-electron chi connectivity index (χ0n) is 17.8. The van der Waals surface area contributed by atoms with E-state index in [1.165, 1.54) is 12.8 Å². The fourth-order valence-corrected chi connectivity index (χ4v) is 3.30. The third-order valence-electron chi connectivity index (χ3n) is 4.90. The average molecular weight is 393 g/mol. The Hall–Kier alpha value is -1.99. The summed E-state index contributed by atoms with van der Waals surface area (Å²) in [6, 6.07) is 5.83. The van der Waals surface area contributed by atoms with Gasteiger partial charge in [0.25, 0.3) is 0 Å². The Labute approximate surface area is 169 Å². The van der Waals surface area contributed by atoms with Crippen molar-refractivity contribution < 1.29 is 14.2 Å². The number of aliphatic imine (C=N–C) groups is 1. The molecule has 0 aliphatic carbocycles. The van der Waals surface area contributed by atoms with Gasteiger partial charge in [-0.05, 0) is 57.8 Å². The Morgan fingerprint density at radius 1 is 1.18 bits per heavy atom. The first-order valence-electron chi connectivity index (χ1n) is 10.3. The summed E-state index contributed by atoms with van der Waals surface area (Å²) in [4.78, 5) is 7.29. The molecule has 1 aromatic rings. The predicted molar refractivity (Wildman–Crippen MR) is 115 cm³/mol. The summed E-state index contributed by atoms with van der Waals surface area (Å²) >= 11 is 0. The molecule has 1 aliphatic rings. The predicted octanol–water partition coefficient (Wildman–Crippen LogP) is 2.83. The third-order valence-corrected chi connectivity index (χ3v) is 4.90. The van der Waals surface area contributed by atoms with Crippen molar-refractivity contribution in [2.75, 3.05) is 65.5 Å². The molecule has 0 unspecified atom stereocenters. The van der Waals surface area contributed by atoms with Crippen molar-refractivity contribution in [2.45, 2.75) is 26.7 Å². The number of likely N-dealkylation sites (tertiary alicyclic amines) is 1. The summed E-state index contributed by atoms with van der Waals surface area (Å²) in [5.41, 5.74) is 0.929. The Bertz CT molecular complexity index is 601. The van der Waals surface area contributed by atoms with E-state index < -0.39 is 0 Å². The fourth-order valence-electron chi connectivity index (χ4n) is 3.30. The molecular formula is C21H36N4O3. The second kappa shape index (κ2) is 12.5. The summed E-state index contributed by atoms with van der Waals surface area (Å²) in [5, 5.41) is 6.71. The smallest absolute Gasteiger partial charge is 0.195 e. The summed E-state index contributed by atoms with van der Waals surface area (Å²) in [6.07, 6.45) is 2.37. The van der Waals surface area contributed by atoms with Crippen LogP contribution in [0, 0.1) is 5.92 Å². The molecule has 1 fully saturated rings. The van der Waals surface area contributed by atoms with Gasteiger partial charge in [-0.1, -0.05) is 0 Å². The Morgan fingerprint density at radius 3 is 2.61 bits per heavy atom. The van der Waals surface area contributed by atoms with E-state index >= 15 is 0 Å². The number of anilines is 1. The first-order chi connectivity index (χ1) is 13.7. The third kappa shape index (κ3) is 7.20. The Balaban J connectivity index is 1.93. The van der Waals surface area contributed by atoms with Crippen LogP contribution in [0.15, 0.2) is 23.2 Å². The van der Waals surface area contributed by atoms with Gasteiger partial charge in [0.1, 0.15) is 0 Å². The van der Waals surface area contributed by atoms with Crippen LogP contribution in [0.3, 0.4) is 0 Å². The van der Waals surface area contributed by atoms with Crippen LogP contribution in [0.5, 0.6) is 11.5 Å². The summed E-state index contributed by atoms with van der Waals surface area (Å²) in [5.74, 6) is 2.89. The highest BCUT2D eigenvalue weighted by Gasteiger charge is 2.18. The minimum Gasteiger partial charge on any atom is -0.493 e. The molecule has 1 aliphatic heterocycles. The van der Waals surface area contributed by atoms with Gasteiger partial charge in [0.2, 0.25) is 0 Å². The standard InChI is InChI=1S/C21H36N4O3/c1-5-22-21(23-16-17-9-11-25(12-10-17)13-14-26-3)24-18-7-8-19(27-4)20(15-18)28-6-2/h7-8,15,17H,5-6,9-14,16H2,1-4H3,(H2,22,23,24). The van der Waals surface area contributed by atoms with Crippen LogP contribution in [0.2, 0.25) is 0 Å². The average Bonchev–Trinajstić information content (AvgIpc) is 2.72.